The molecule has 7 nitrogen and oxygen atoms in total. The molecule has 2 N–H and O–H groups in total. The smallest absolute Gasteiger partial charge is 0.355 e. The molecule has 0 atom stereocenters. The number of carboxylic acids is 1. The standard InChI is InChI=1S/C15H12N4O3S/c20-14(11-7-17-9-3-1-2-4-10(9)18-11)16-6-5-13-19-12(8-23-13)15(21)22/h1-4,7-8H,5-6H2,(H,16,20)(H,21,22). The van der Waals surface area contributed by atoms with Crippen LogP contribution in [0.1, 0.15) is 26.0 Å². The highest BCUT2D eigenvalue weighted by Crippen LogP contribution is 2.10. The number of amides is 1. The molecule has 116 valence electrons. The third kappa shape index (κ3) is 3.49. The molecule has 0 aliphatic rings. The van der Waals surface area contributed by atoms with Gasteiger partial charge in [0.2, 0.25) is 0 Å². The lowest BCUT2D eigenvalue weighted by Gasteiger charge is -2.04. The van der Waals surface area contributed by atoms with Gasteiger partial charge in [-0.15, -0.1) is 11.3 Å². The molecule has 0 saturated heterocycles. The van der Waals surface area contributed by atoms with E-state index in [1.165, 1.54) is 22.9 Å². The van der Waals surface area contributed by atoms with E-state index in [0.29, 0.717) is 23.5 Å². The number of fused-ring (bicyclic) bond motifs is 1. The van der Waals surface area contributed by atoms with Gasteiger partial charge in [0, 0.05) is 18.3 Å². The Morgan fingerprint density at radius 3 is 2.65 bits per heavy atom. The predicted octanol–water partition coefficient (Wildman–Crippen LogP) is 1.76. The Labute approximate surface area is 135 Å². The third-order valence-electron chi connectivity index (χ3n) is 3.08. The molecular formula is C15H12N4O3S. The molecule has 0 radical (unpaired) electrons. The van der Waals surface area contributed by atoms with Crippen molar-refractivity contribution in [3.63, 3.8) is 0 Å². The predicted molar refractivity (Wildman–Crippen MR) is 84.6 cm³/mol. The molecule has 2 heterocycles. The van der Waals surface area contributed by atoms with Crippen molar-refractivity contribution in [2.75, 3.05) is 6.54 Å². The molecule has 0 aliphatic carbocycles. The topological polar surface area (TPSA) is 105 Å². The second-order valence-electron chi connectivity index (χ2n) is 4.68. The number of aromatic nitrogens is 3. The Morgan fingerprint density at radius 1 is 1.13 bits per heavy atom. The highest BCUT2D eigenvalue weighted by molar-refractivity contribution is 7.09. The number of carbonyl (C=O) groups excluding carboxylic acids is 1. The summed E-state index contributed by atoms with van der Waals surface area (Å²) in [5, 5.41) is 13.7. The molecular weight excluding hydrogens is 316 g/mol. The number of hydrogen-bond donors (Lipinski definition) is 2. The fourth-order valence-corrected chi connectivity index (χ4v) is 2.74. The summed E-state index contributed by atoms with van der Waals surface area (Å²) in [4.78, 5) is 35.2. The Morgan fingerprint density at radius 2 is 1.91 bits per heavy atom. The summed E-state index contributed by atoms with van der Waals surface area (Å²) in [6, 6.07) is 7.31. The normalized spacial score (nSPS) is 10.6. The van der Waals surface area contributed by atoms with Crippen molar-refractivity contribution in [3.05, 3.63) is 52.2 Å². The summed E-state index contributed by atoms with van der Waals surface area (Å²) in [7, 11) is 0. The molecule has 0 fully saturated rings. The summed E-state index contributed by atoms with van der Waals surface area (Å²) in [5.74, 6) is -1.37. The first kappa shape index (κ1) is 15.0. The van der Waals surface area contributed by atoms with Crippen molar-refractivity contribution in [3.8, 4) is 0 Å². The first-order valence-corrected chi connectivity index (χ1v) is 7.69. The van der Waals surface area contributed by atoms with Crippen LogP contribution in [0, 0.1) is 0 Å². The minimum atomic E-state index is -1.05. The molecule has 2 aromatic heterocycles. The number of nitrogens with zero attached hydrogens (tertiary/aromatic N) is 3. The van der Waals surface area contributed by atoms with E-state index in [2.05, 4.69) is 20.3 Å². The van der Waals surface area contributed by atoms with Crippen molar-refractivity contribution in [2.24, 2.45) is 0 Å². The lowest BCUT2D eigenvalue weighted by Crippen LogP contribution is -2.26. The fraction of sp³-hybridized carbons (Fsp3) is 0.133. The minimum absolute atomic E-state index is 0.0247. The number of rotatable bonds is 5. The van der Waals surface area contributed by atoms with Gasteiger partial charge in [0.1, 0.15) is 5.69 Å². The lowest BCUT2D eigenvalue weighted by molar-refractivity contribution is 0.0690. The van der Waals surface area contributed by atoms with Gasteiger partial charge in [0.25, 0.3) is 5.91 Å². The second-order valence-corrected chi connectivity index (χ2v) is 5.62. The zero-order valence-electron chi connectivity index (χ0n) is 11.9. The molecule has 0 aliphatic heterocycles. The van der Waals surface area contributed by atoms with E-state index in [0.717, 1.165) is 5.52 Å². The van der Waals surface area contributed by atoms with E-state index in [9.17, 15) is 9.59 Å². The van der Waals surface area contributed by atoms with Gasteiger partial charge in [-0.1, -0.05) is 12.1 Å². The van der Waals surface area contributed by atoms with Crippen LogP contribution in [0.5, 0.6) is 0 Å². The van der Waals surface area contributed by atoms with E-state index >= 15 is 0 Å². The Bertz CT molecular complexity index is 878. The lowest BCUT2D eigenvalue weighted by atomic mass is 10.3. The van der Waals surface area contributed by atoms with Gasteiger partial charge in [-0.2, -0.15) is 0 Å². The maximum absolute atomic E-state index is 12.1. The molecule has 0 spiro atoms. The maximum atomic E-state index is 12.1. The fourth-order valence-electron chi connectivity index (χ4n) is 1.96. The SMILES string of the molecule is O=C(O)c1csc(CCNC(=O)c2cnc3ccccc3n2)n1. The van der Waals surface area contributed by atoms with Gasteiger partial charge in [0.05, 0.1) is 22.2 Å². The second kappa shape index (κ2) is 6.49. The number of thiazole rings is 1. The van der Waals surface area contributed by atoms with Crippen LogP contribution in [-0.4, -0.2) is 38.5 Å². The zero-order valence-corrected chi connectivity index (χ0v) is 12.7. The number of para-hydroxylation sites is 2. The zero-order chi connectivity index (χ0) is 16.2. The van der Waals surface area contributed by atoms with Crippen molar-refractivity contribution in [1.29, 1.82) is 0 Å². The van der Waals surface area contributed by atoms with E-state index in [1.807, 2.05) is 18.2 Å². The third-order valence-corrected chi connectivity index (χ3v) is 3.99. The summed E-state index contributed by atoms with van der Waals surface area (Å²) in [5.41, 5.74) is 1.66. The molecule has 23 heavy (non-hydrogen) atoms. The molecule has 1 amide bonds. The number of benzene rings is 1. The quantitative estimate of drug-likeness (QED) is 0.739. The Hall–Kier alpha value is -2.87. The molecule has 0 unspecified atom stereocenters. The average molecular weight is 328 g/mol. The molecule has 1 aromatic carbocycles. The van der Waals surface area contributed by atoms with Crippen LogP contribution < -0.4 is 5.32 Å². The van der Waals surface area contributed by atoms with Crippen LogP contribution in [0.25, 0.3) is 11.0 Å². The number of carbonyl (C=O) groups is 2. The number of nitrogens with one attached hydrogen (secondary N) is 1. The minimum Gasteiger partial charge on any atom is -0.476 e. The monoisotopic (exact) mass is 328 g/mol. The van der Waals surface area contributed by atoms with E-state index in [1.54, 1.807) is 6.07 Å². The molecule has 3 aromatic rings. The van der Waals surface area contributed by atoms with Crippen molar-refractivity contribution < 1.29 is 14.7 Å². The highest BCUT2D eigenvalue weighted by atomic mass is 32.1. The summed E-state index contributed by atoms with van der Waals surface area (Å²) >= 11 is 1.26. The first-order chi connectivity index (χ1) is 11.1. The Balaban J connectivity index is 1.60. The van der Waals surface area contributed by atoms with Gasteiger partial charge < -0.3 is 10.4 Å². The summed E-state index contributed by atoms with van der Waals surface area (Å²) in [6.07, 6.45) is 1.90. The van der Waals surface area contributed by atoms with E-state index in [4.69, 9.17) is 5.11 Å². The van der Waals surface area contributed by atoms with Crippen LogP contribution >= 0.6 is 11.3 Å². The summed E-state index contributed by atoms with van der Waals surface area (Å²) in [6.45, 7) is 0.347. The van der Waals surface area contributed by atoms with Gasteiger partial charge in [0.15, 0.2) is 5.69 Å². The van der Waals surface area contributed by atoms with Crippen molar-refractivity contribution >= 4 is 34.2 Å². The molecule has 8 heteroatoms. The number of aromatic carboxylic acids is 1. The molecule has 0 bridgehead atoms. The van der Waals surface area contributed by atoms with Gasteiger partial charge in [-0.3, -0.25) is 9.78 Å². The van der Waals surface area contributed by atoms with Crippen molar-refractivity contribution in [2.45, 2.75) is 6.42 Å². The van der Waals surface area contributed by atoms with E-state index in [-0.39, 0.29) is 17.3 Å². The van der Waals surface area contributed by atoms with Gasteiger partial charge >= 0.3 is 5.97 Å². The molecule has 3 rings (SSSR count). The highest BCUT2D eigenvalue weighted by Gasteiger charge is 2.11. The largest absolute Gasteiger partial charge is 0.476 e. The van der Waals surface area contributed by atoms with Crippen molar-refractivity contribution in [1.82, 2.24) is 20.3 Å². The van der Waals surface area contributed by atoms with Gasteiger partial charge in [-0.05, 0) is 12.1 Å². The molecule has 0 saturated carbocycles. The van der Waals surface area contributed by atoms with Crippen LogP contribution in [-0.2, 0) is 6.42 Å². The number of carboxylic acid groups (broad SMARTS) is 1. The van der Waals surface area contributed by atoms with Crippen LogP contribution in [0.2, 0.25) is 0 Å². The van der Waals surface area contributed by atoms with Crippen LogP contribution in [0.15, 0.2) is 35.8 Å². The summed E-state index contributed by atoms with van der Waals surface area (Å²) < 4.78 is 0. The Kier molecular flexibility index (Phi) is 4.24. The number of hydrogen-bond acceptors (Lipinski definition) is 6. The first-order valence-electron chi connectivity index (χ1n) is 6.81. The average Bonchev–Trinajstić information content (AvgIpc) is 3.03. The maximum Gasteiger partial charge on any atom is 0.355 e. The van der Waals surface area contributed by atoms with Crippen LogP contribution in [0.3, 0.4) is 0 Å². The van der Waals surface area contributed by atoms with Crippen LogP contribution in [0.4, 0.5) is 0 Å². The van der Waals surface area contributed by atoms with Gasteiger partial charge in [-0.25, -0.2) is 14.8 Å². The van der Waals surface area contributed by atoms with E-state index < -0.39 is 5.97 Å².